The second-order valence-corrected chi connectivity index (χ2v) is 6.52. The third kappa shape index (κ3) is 2.93. The number of hydrogen-bond donors (Lipinski definition) is 1. The average Bonchev–Trinajstić information content (AvgIpc) is 2.64. The van der Waals surface area contributed by atoms with Crippen LogP contribution >= 0.6 is 0 Å². The summed E-state index contributed by atoms with van der Waals surface area (Å²) < 4.78 is 27.0. The molecule has 2 aliphatic rings. The lowest BCUT2D eigenvalue weighted by Gasteiger charge is -2.35. The van der Waals surface area contributed by atoms with E-state index < -0.39 is 10.0 Å². The Morgan fingerprint density at radius 1 is 1.45 bits per heavy atom. The van der Waals surface area contributed by atoms with Crippen LogP contribution < -0.4 is 5.32 Å². The number of allylic oxidation sites excluding steroid dienone is 4. The predicted molar refractivity (Wildman–Crippen MR) is 76.6 cm³/mol. The molecule has 0 aromatic carbocycles. The van der Waals surface area contributed by atoms with Crippen molar-refractivity contribution in [1.29, 1.82) is 5.26 Å². The molecule has 0 unspecified atom stereocenters. The van der Waals surface area contributed by atoms with Gasteiger partial charge >= 0.3 is 0 Å². The van der Waals surface area contributed by atoms with Crippen molar-refractivity contribution < 1.29 is 8.42 Å². The third-order valence-electron chi connectivity index (χ3n) is 3.31. The van der Waals surface area contributed by atoms with E-state index in [9.17, 15) is 8.42 Å². The maximum atomic E-state index is 12.8. The highest BCUT2D eigenvalue weighted by molar-refractivity contribution is 7.93. The van der Waals surface area contributed by atoms with Crippen LogP contribution in [-0.2, 0) is 10.0 Å². The van der Waals surface area contributed by atoms with Gasteiger partial charge in [0.1, 0.15) is 5.03 Å². The molecule has 0 amide bonds. The van der Waals surface area contributed by atoms with E-state index in [2.05, 4.69) is 11.4 Å². The van der Waals surface area contributed by atoms with Gasteiger partial charge in [0.2, 0.25) is 0 Å². The molecule has 0 aromatic heterocycles. The van der Waals surface area contributed by atoms with Crippen LogP contribution in [0.3, 0.4) is 0 Å². The van der Waals surface area contributed by atoms with Crippen molar-refractivity contribution in [1.82, 2.24) is 14.5 Å². The number of piperazine rings is 1. The number of sulfonamides is 1. The zero-order valence-corrected chi connectivity index (χ0v) is 12.2. The Bertz CT molecular complexity index is 586. The molecule has 0 aromatic rings. The van der Waals surface area contributed by atoms with Gasteiger partial charge < -0.3 is 10.2 Å². The van der Waals surface area contributed by atoms with Crippen molar-refractivity contribution in [2.45, 2.75) is 12.5 Å². The van der Waals surface area contributed by atoms with E-state index >= 15 is 0 Å². The van der Waals surface area contributed by atoms with E-state index in [1.54, 1.807) is 42.5 Å². The van der Waals surface area contributed by atoms with Gasteiger partial charge in [-0.05, 0) is 12.2 Å². The van der Waals surface area contributed by atoms with Crippen molar-refractivity contribution in [3.8, 4) is 6.07 Å². The predicted octanol–water partition coefficient (Wildman–Crippen LogP) is 0.360. The van der Waals surface area contributed by atoms with E-state index in [1.165, 1.54) is 4.31 Å². The zero-order chi connectivity index (χ0) is 14.6. The first kappa shape index (κ1) is 14.8. The summed E-state index contributed by atoms with van der Waals surface area (Å²) in [7, 11) is -1.90. The van der Waals surface area contributed by atoms with Gasteiger partial charge in [-0.15, -0.1) is 0 Å². The maximum absolute atomic E-state index is 12.8. The average molecular weight is 294 g/mol. The molecule has 0 bridgehead atoms. The van der Waals surface area contributed by atoms with E-state index in [-0.39, 0.29) is 17.5 Å². The molecule has 2 aliphatic heterocycles. The van der Waals surface area contributed by atoms with Crippen molar-refractivity contribution in [2.24, 2.45) is 0 Å². The monoisotopic (exact) mass is 294 g/mol. The van der Waals surface area contributed by atoms with E-state index in [0.29, 0.717) is 19.6 Å². The van der Waals surface area contributed by atoms with Gasteiger partial charge in [0.05, 0.1) is 18.5 Å². The quantitative estimate of drug-likeness (QED) is 0.813. The van der Waals surface area contributed by atoms with Crippen molar-refractivity contribution in [3.63, 3.8) is 0 Å². The minimum atomic E-state index is -3.60. The summed E-state index contributed by atoms with van der Waals surface area (Å²) in [5.74, 6) is 0. The number of nitriles is 1. The van der Waals surface area contributed by atoms with Crippen LogP contribution in [-0.4, -0.2) is 50.3 Å². The Labute approximate surface area is 119 Å². The van der Waals surface area contributed by atoms with E-state index in [4.69, 9.17) is 5.26 Å². The van der Waals surface area contributed by atoms with Crippen LogP contribution in [0.15, 0.2) is 35.5 Å². The summed E-state index contributed by atoms with van der Waals surface area (Å²) in [5, 5.41) is 12.2. The van der Waals surface area contributed by atoms with Crippen LogP contribution in [0.5, 0.6) is 0 Å². The zero-order valence-electron chi connectivity index (χ0n) is 11.4. The molecule has 0 saturated carbocycles. The van der Waals surface area contributed by atoms with E-state index in [0.717, 1.165) is 0 Å². The molecule has 1 saturated heterocycles. The Morgan fingerprint density at radius 3 is 3.00 bits per heavy atom. The van der Waals surface area contributed by atoms with Gasteiger partial charge in [-0.2, -0.15) is 9.57 Å². The molecule has 2 heterocycles. The Morgan fingerprint density at radius 2 is 2.25 bits per heavy atom. The molecule has 0 spiro atoms. The van der Waals surface area contributed by atoms with Gasteiger partial charge in [0.15, 0.2) is 0 Å². The summed E-state index contributed by atoms with van der Waals surface area (Å²) >= 11 is 0. The number of nitrogens with one attached hydrogen (secondary N) is 1. The number of rotatable bonds is 3. The van der Waals surface area contributed by atoms with Gasteiger partial charge in [-0.25, -0.2) is 8.42 Å². The molecular formula is C13H18N4O2S. The van der Waals surface area contributed by atoms with Crippen LogP contribution in [0, 0.1) is 11.3 Å². The first-order valence-corrected chi connectivity index (χ1v) is 7.89. The Hall–Kier alpha value is -1.62. The molecule has 1 atom stereocenters. The standard InChI is InChI=1S/C13H18N4O2S/c1-16-9-4-2-3-5-13(16)20(18,19)17-10-8-15-11-12(17)6-7-14/h2-5,9,12,15H,6,8,10-11H2,1H3/t12-/m0/s1. The first-order chi connectivity index (χ1) is 9.57. The second-order valence-electron chi connectivity index (χ2n) is 4.68. The molecule has 1 fully saturated rings. The third-order valence-corrected chi connectivity index (χ3v) is 5.37. The largest absolute Gasteiger partial charge is 0.341 e. The van der Waals surface area contributed by atoms with Crippen molar-refractivity contribution >= 4 is 10.0 Å². The molecule has 2 rings (SSSR count). The summed E-state index contributed by atoms with van der Waals surface area (Å²) in [6.07, 6.45) is 8.74. The SMILES string of the molecule is CN1C=CC=CC=C1S(=O)(=O)N1CCNC[C@@H]1CC#N. The summed E-state index contributed by atoms with van der Waals surface area (Å²) in [5.41, 5.74) is 0. The van der Waals surface area contributed by atoms with Crippen molar-refractivity contribution in [2.75, 3.05) is 26.7 Å². The Kier molecular flexibility index (Phi) is 4.60. The van der Waals surface area contributed by atoms with Gasteiger partial charge in [0, 0.05) is 32.9 Å². The number of nitrogens with zero attached hydrogens (tertiary/aromatic N) is 3. The van der Waals surface area contributed by atoms with Gasteiger partial charge in [0.25, 0.3) is 10.0 Å². The lowest BCUT2D eigenvalue weighted by atomic mass is 10.2. The fourth-order valence-corrected chi connectivity index (χ4v) is 4.09. The highest BCUT2D eigenvalue weighted by Gasteiger charge is 2.35. The van der Waals surface area contributed by atoms with Crippen LogP contribution in [0.1, 0.15) is 6.42 Å². The maximum Gasteiger partial charge on any atom is 0.259 e. The van der Waals surface area contributed by atoms with Gasteiger partial charge in [-0.3, -0.25) is 0 Å². The highest BCUT2D eigenvalue weighted by Crippen LogP contribution is 2.22. The highest BCUT2D eigenvalue weighted by atomic mass is 32.2. The molecule has 0 aliphatic carbocycles. The Balaban J connectivity index is 2.33. The lowest BCUT2D eigenvalue weighted by molar-refractivity contribution is 0.270. The summed E-state index contributed by atoms with van der Waals surface area (Å²) in [4.78, 5) is 1.58. The molecule has 1 N–H and O–H groups in total. The van der Waals surface area contributed by atoms with Crippen molar-refractivity contribution in [3.05, 3.63) is 35.5 Å². The second kappa shape index (κ2) is 6.22. The van der Waals surface area contributed by atoms with Crippen LogP contribution in [0.2, 0.25) is 0 Å². The molecular weight excluding hydrogens is 276 g/mol. The molecule has 6 nitrogen and oxygen atoms in total. The molecule has 0 radical (unpaired) electrons. The topological polar surface area (TPSA) is 76.4 Å². The fourth-order valence-electron chi connectivity index (χ4n) is 2.30. The van der Waals surface area contributed by atoms with E-state index in [1.807, 2.05) is 0 Å². The molecule has 20 heavy (non-hydrogen) atoms. The minimum absolute atomic E-state index is 0.189. The first-order valence-electron chi connectivity index (χ1n) is 6.45. The smallest absolute Gasteiger partial charge is 0.259 e. The molecule has 7 heteroatoms. The minimum Gasteiger partial charge on any atom is -0.341 e. The van der Waals surface area contributed by atoms with Crippen LogP contribution in [0.4, 0.5) is 0 Å². The lowest BCUT2D eigenvalue weighted by Crippen LogP contribution is -2.54. The van der Waals surface area contributed by atoms with Crippen LogP contribution in [0.25, 0.3) is 0 Å². The summed E-state index contributed by atoms with van der Waals surface area (Å²) in [6, 6.07) is 1.74. The van der Waals surface area contributed by atoms with Gasteiger partial charge in [-0.1, -0.05) is 12.2 Å². The number of hydrogen-bond acceptors (Lipinski definition) is 5. The molecule has 108 valence electrons. The summed E-state index contributed by atoms with van der Waals surface area (Å²) in [6.45, 7) is 1.49. The fraction of sp³-hybridized carbons (Fsp3) is 0.462. The normalized spacial score (nSPS) is 24.1.